The van der Waals surface area contributed by atoms with Gasteiger partial charge in [-0.05, 0) is 31.5 Å². The summed E-state index contributed by atoms with van der Waals surface area (Å²) in [7, 11) is 2.19. The number of hydrogen-bond donors (Lipinski definition) is 1. The zero-order chi connectivity index (χ0) is 12.9. The van der Waals surface area contributed by atoms with Crippen molar-refractivity contribution in [2.24, 2.45) is 5.41 Å². The first kappa shape index (κ1) is 14.3. The number of rotatable bonds is 6. The van der Waals surface area contributed by atoms with Crippen LogP contribution in [0.4, 0.5) is 0 Å². The predicted octanol–water partition coefficient (Wildman–Crippen LogP) is 2.74. The summed E-state index contributed by atoms with van der Waals surface area (Å²) in [5.74, 6) is 0.996. The van der Waals surface area contributed by atoms with E-state index < -0.39 is 0 Å². The largest absolute Gasteiger partial charge is 0.468 e. The first-order valence-corrected chi connectivity index (χ1v) is 6.32. The van der Waals surface area contributed by atoms with Crippen molar-refractivity contribution in [3.8, 4) is 0 Å². The average molecular weight is 238 g/mol. The summed E-state index contributed by atoms with van der Waals surface area (Å²) in [6, 6.07) is 4.45. The Labute approximate surface area is 105 Å². The molecule has 0 fully saturated rings. The maximum Gasteiger partial charge on any atom is 0.117 e. The van der Waals surface area contributed by atoms with Gasteiger partial charge in [-0.25, -0.2) is 0 Å². The van der Waals surface area contributed by atoms with Gasteiger partial charge in [-0.2, -0.15) is 0 Å². The summed E-state index contributed by atoms with van der Waals surface area (Å²) < 4.78 is 5.28. The molecule has 0 radical (unpaired) electrons. The fourth-order valence-corrected chi connectivity index (χ4v) is 1.88. The Morgan fingerprint density at radius 2 is 2.12 bits per heavy atom. The van der Waals surface area contributed by atoms with Crippen molar-refractivity contribution in [1.29, 1.82) is 0 Å². The molecule has 1 atom stereocenters. The molecule has 1 aromatic heterocycles. The molecule has 3 nitrogen and oxygen atoms in total. The molecule has 0 spiro atoms. The van der Waals surface area contributed by atoms with E-state index in [-0.39, 0.29) is 0 Å². The van der Waals surface area contributed by atoms with E-state index in [2.05, 4.69) is 45.0 Å². The van der Waals surface area contributed by atoms with Gasteiger partial charge in [0.05, 0.1) is 12.8 Å². The molecular weight excluding hydrogens is 212 g/mol. The zero-order valence-electron chi connectivity index (χ0n) is 11.8. The summed E-state index contributed by atoms with van der Waals surface area (Å²) in [5, 5.41) is 3.42. The zero-order valence-corrected chi connectivity index (χ0v) is 11.8. The predicted molar refractivity (Wildman–Crippen MR) is 72.0 cm³/mol. The lowest BCUT2D eigenvalue weighted by Crippen LogP contribution is -2.41. The molecule has 0 aliphatic rings. The van der Waals surface area contributed by atoms with Crippen LogP contribution in [0.2, 0.25) is 0 Å². The topological polar surface area (TPSA) is 28.4 Å². The van der Waals surface area contributed by atoms with E-state index in [0.29, 0.717) is 11.5 Å². The van der Waals surface area contributed by atoms with Crippen molar-refractivity contribution in [2.75, 3.05) is 20.1 Å². The summed E-state index contributed by atoms with van der Waals surface area (Å²) in [4.78, 5) is 2.40. The molecule has 1 aromatic rings. The highest BCUT2D eigenvalue weighted by Gasteiger charge is 2.17. The van der Waals surface area contributed by atoms with Crippen molar-refractivity contribution in [3.63, 3.8) is 0 Å². The van der Waals surface area contributed by atoms with E-state index in [1.54, 1.807) is 6.26 Å². The Kier molecular flexibility index (Phi) is 5.22. The first-order chi connectivity index (χ1) is 7.88. The maximum atomic E-state index is 5.28. The van der Waals surface area contributed by atoms with Crippen molar-refractivity contribution in [1.82, 2.24) is 10.2 Å². The molecule has 1 rings (SSSR count). The van der Waals surface area contributed by atoms with Crippen LogP contribution in [-0.2, 0) is 6.54 Å². The van der Waals surface area contributed by atoms with Gasteiger partial charge in [0.1, 0.15) is 5.76 Å². The molecule has 1 unspecified atom stereocenters. The lowest BCUT2D eigenvalue weighted by molar-refractivity contribution is 0.177. The molecule has 1 heterocycles. The number of likely N-dealkylation sites (N-methyl/N-ethyl adjacent to an activating group) is 1. The van der Waals surface area contributed by atoms with E-state index in [1.165, 1.54) is 0 Å². The summed E-state index contributed by atoms with van der Waals surface area (Å²) in [5.41, 5.74) is 0.351. The average Bonchev–Trinajstić information content (AvgIpc) is 2.67. The van der Waals surface area contributed by atoms with Gasteiger partial charge < -0.3 is 14.6 Å². The Bertz CT molecular complexity index is 301. The molecule has 0 bridgehead atoms. The minimum absolute atomic E-state index is 0.351. The first-order valence-electron chi connectivity index (χ1n) is 6.32. The van der Waals surface area contributed by atoms with Crippen molar-refractivity contribution >= 4 is 0 Å². The van der Waals surface area contributed by atoms with Crippen LogP contribution in [0.25, 0.3) is 0 Å². The van der Waals surface area contributed by atoms with Crippen LogP contribution in [0.5, 0.6) is 0 Å². The van der Waals surface area contributed by atoms with Crippen LogP contribution in [0.3, 0.4) is 0 Å². The standard InChI is InChI=1S/C14H26N2O/c1-12(16(5)11-14(2,3)4)9-15-10-13-7-6-8-17-13/h6-8,12,15H,9-11H2,1-5H3. The summed E-state index contributed by atoms with van der Waals surface area (Å²) in [6.07, 6.45) is 1.71. The fraction of sp³-hybridized carbons (Fsp3) is 0.714. The molecule has 0 amide bonds. The highest BCUT2D eigenvalue weighted by Crippen LogP contribution is 2.15. The van der Waals surface area contributed by atoms with Crippen LogP contribution in [0.1, 0.15) is 33.5 Å². The summed E-state index contributed by atoms with van der Waals surface area (Å²) in [6.45, 7) is 12.0. The van der Waals surface area contributed by atoms with E-state index >= 15 is 0 Å². The number of hydrogen-bond acceptors (Lipinski definition) is 3. The third-order valence-electron chi connectivity index (χ3n) is 2.80. The lowest BCUT2D eigenvalue weighted by Gasteiger charge is -2.31. The van der Waals surface area contributed by atoms with Gasteiger partial charge in [0.25, 0.3) is 0 Å². The molecule has 3 heteroatoms. The maximum absolute atomic E-state index is 5.28. The Hall–Kier alpha value is -0.800. The third kappa shape index (κ3) is 5.89. The van der Waals surface area contributed by atoms with Gasteiger partial charge >= 0.3 is 0 Å². The van der Waals surface area contributed by atoms with Gasteiger partial charge in [0, 0.05) is 19.1 Å². The van der Waals surface area contributed by atoms with Crippen LogP contribution >= 0.6 is 0 Å². The van der Waals surface area contributed by atoms with Crippen LogP contribution < -0.4 is 5.32 Å². The molecule has 0 saturated heterocycles. The van der Waals surface area contributed by atoms with Gasteiger partial charge in [0.2, 0.25) is 0 Å². The second kappa shape index (κ2) is 6.22. The Morgan fingerprint density at radius 3 is 2.65 bits per heavy atom. The fourth-order valence-electron chi connectivity index (χ4n) is 1.88. The second-order valence-corrected chi connectivity index (χ2v) is 6.04. The van der Waals surface area contributed by atoms with Crippen molar-refractivity contribution < 1.29 is 4.42 Å². The van der Waals surface area contributed by atoms with Crippen LogP contribution in [-0.4, -0.2) is 31.1 Å². The normalized spacial score (nSPS) is 14.2. The molecule has 17 heavy (non-hydrogen) atoms. The molecular formula is C14H26N2O. The molecule has 0 saturated carbocycles. The van der Waals surface area contributed by atoms with E-state index in [4.69, 9.17) is 4.42 Å². The van der Waals surface area contributed by atoms with E-state index in [0.717, 1.165) is 25.4 Å². The van der Waals surface area contributed by atoms with Gasteiger partial charge in [-0.1, -0.05) is 20.8 Å². The molecule has 98 valence electrons. The lowest BCUT2D eigenvalue weighted by atomic mass is 9.96. The minimum atomic E-state index is 0.351. The van der Waals surface area contributed by atoms with Crippen molar-refractivity contribution in [2.45, 2.75) is 40.3 Å². The van der Waals surface area contributed by atoms with Gasteiger partial charge in [-0.3, -0.25) is 0 Å². The van der Waals surface area contributed by atoms with Gasteiger partial charge in [0.15, 0.2) is 0 Å². The summed E-state index contributed by atoms with van der Waals surface area (Å²) >= 11 is 0. The van der Waals surface area contributed by atoms with Crippen LogP contribution in [0.15, 0.2) is 22.8 Å². The second-order valence-electron chi connectivity index (χ2n) is 6.04. The van der Waals surface area contributed by atoms with Crippen molar-refractivity contribution in [3.05, 3.63) is 24.2 Å². The minimum Gasteiger partial charge on any atom is -0.468 e. The van der Waals surface area contributed by atoms with E-state index in [9.17, 15) is 0 Å². The monoisotopic (exact) mass is 238 g/mol. The number of nitrogens with one attached hydrogen (secondary N) is 1. The highest BCUT2D eigenvalue weighted by molar-refractivity contribution is 4.97. The van der Waals surface area contributed by atoms with E-state index in [1.807, 2.05) is 12.1 Å². The van der Waals surface area contributed by atoms with Crippen LogP contribution in [0, 0.1) is 5.41 Å². The smallest absolute Gasteiger partial charge is 0.117 e. The molecule has 0 aliphatic carbocycles. The third-order valence-corrected chi connectivity index (χ3v) is 2.80. The number of furan rings is 1. The van der Waals surface area contributed by atoms with Gasteiger partial charge in [-0.15, -0.1) is 0 Å². The Morgan fingerprint density at radius 1 is 1.41 bits per heavy atom. The number of nitrogens with zero attached hydrogens (tertiary/aromatic N) is 1. The Balaban J connectivity index is 2.22. The quantitative estimate of drug-likeness (QED) is 0.826. The highest BCUT2D eigenvalue weighted by atomic mass is 16.3. The SMILES string of the molecule is CC(CNCc1ccco1)N(C)CC(C)(C)C. The molecule has 1 N–H and O–H groups in total. The molecule has 0 aromatic carbocycles. The molecule has 0 aliphatic heterocycles.